The molecular formula is C14H5BrN2O6. The number of fused-ring (bicyclic) bond motifs is 3. The number of hydrogen-bond donors (Lipinski definition) is 0. The van der Waals surface area contributed by atoms with Crippen LogP contribution in [-0.2, 0) is 0 Å². The number of ketones is 2. The summed E-state index contributed by atoms with van der Waals surface area (Å²) >= 11 is 3.16. The van der Waals surface area contributed by atoms with Gasteiger partial charge in [0.2, 0.25) is 11.6 Å². The van der Waals surface area contributed by atoms with Crippen molar-refractivity contribution >= 4 is 38.9 Å². The van der Waals surface area contributed by atoms with E-state index < -0.39 is 21.4 Å². The minimum atomic E-state index is -0.933. The fourth-order valence-electron chi connectivity index (χ4n) is 2.45. The van der Waals surface area contributed by atoms with Crippen LogP contribution in [0.15, 0.2) is 34.8 Å². The zero-order chi connectivity index (χ0) is 16.9. The van der Waals surface area contributed by atoms with Crippen molar-refractivity contribution in [3.05, 3.63) is 66.2 Å². The lowest BCUT2D eigenvalue weighted by Gasteiger charge is -2.18. The third-order valence-corrected chi connectivity index (χ3v) is 4.09. The molecule has 2 aromatic rings. The van der Waals surface area contributed by atoms with E-state index in [-0.39, 0.29) is 27.0 Å². The summed E-state index contributed by atoms with van der Waals surface area (Å²) in [5.74, 6) is -1.86. The van der Waals surface area contributed by atoms with Gasteiger partial charge in [-0.1, -0.05) is 0 Å². The van der Waals surface area contributed by atoms with Crippen molar-refractivity contribution in [2.75, 3.05) is 0 Å². The van der Waals surface area contributed by atoms with Crippen LogP contribution in [0.3, 0.4) is 0 Å². The average Bonchev–Trinajstić information content (AvgIpc) is 2.51. The van der Waals surface area contributed by atoms with Crippen LogP contribution < -0.4 is 0 Å². The molecule has 0 spiro atoms. The second kappa shape index (κ2) is 5.06. The van der Waals surface area contributed by atoms with Gasteiger partial charge in [-0.3, -0.25) is 29.8 Å². The zero-order valence-corrected chi connectivity index (χ0v) is 12.7. The Bertz CT molecular complexity index is 937. The normalized spacial score (nSPS) is 12.6. The Labute approximate surface area is 136 Å². The van der Waals surface area contributed by atoms with Crippen LogP contribution in [0.25, 0.3) is 11.1 Å². The molecular weight excluding hydrogens is 372 g/mol. The van der Waals surface area contributed by atoms with E-state index in [4.69, 9.17) is 0 Å². The fourth-order valence-corrected chi connectivity index (χ4v) is 3.11. The lowest BCUT2D eigenvalue weighted by atomic mass is 9.83. The Kier molecular flexibility index (Phi) is 3.29. The smallest absolute Gasteiger partial charge is 0.271 e. The molecule has 0 atom stereocenters. The molecule has 2 aromatic carbocycles. The predicted octanol–water partition coefficient (Wildman–Crippen LogP) is 3.31. The van der Waals surface area contributed by atoms with Gasteiger partial charge in [0.15, 0.2) is 0 Å². The number of carbonyl (C=O) groups is 2. The minimum Gasteiger partial charge on any atom is -0.285 e. The van der Waals surface area contributed by atoms with Gasteiger partial charge in [-0.05, 0) is 27.6 Å². The first kappa shape index (κ1) is 15.0. The van der Waals surface area contributed by atoms with Crippen molar-refractivity contribution in [3.8, 4) is 11.1 Å². The van der Waals surface area contributed by atoms with Crippen molar-refractivity contribution < 1.29 is 19.4 Å². The van der Waals surface area contributed by atoms with Gasteiger partial charge in [-0.2, -0.15) is 0 Å². The molecule has 3 rings (SSSR count). The molecule has 0 unspecified atom stereocenters. The first-order valence-electron chi connectivity index (χ1n) is 6.17. The minimum absolute atomic E-state index is 0.0914. The van der Waals surface area contributed by atoms with Gasteiger partial charge in [0.25, 0.3) is 11.4 Å². The van der Waals surface area contributed by atoms with Gasteiger partial charge >= 0.3 is 0 Å². The second-order valence-electron chi connectivity index (χ2n) is 4.75. The van der Waals surface area contributed by atoms with Gasteiger partial charge in [0, 0.05) is 45.4 Å². The first-order chi connectivity index (χ1) is 10.8. The maximum Gasteiger partial charge on any atom is 0.271 e. The summed E-state index contributed by atoms with van der Waals surface area (Å²) in [6, 6.07) is 5.84. The standard InChI is InChI=1S/C14H5BrN2O6/c15-11-5-7(17(22)23)4-10-12(11)8-2-1-6(16(20)21)3-9(8)13(18)14(10)19/h1-5H. The summed E-state index contributed by atoms with van der Waals surface area (Å²) in [5.41, 5.74) is -0.209. The summed E-state index contributed by atoms with van der Waals surface area (Å²) in [7, 11) is 0. The Hall–Kier alpha value is -2.94. The van der Waals surface area contributed by atoms with E-state index in [1.165, 1.54) is 18.2 Å². The van der Waals surface area contributed by atoms with Crippen LogP contribution in [0.4, 0.5) is 11.4 Å². The number of Topliss-reactive ketones (excluding diaryl/α,β-unsaturated/α-hetero) is 2. The molecule has 0 heterocycles. The topological polar surface area (TPSA) is 120 Å². The van der Waals surface area contributed by atoms with Gasteiger partial charge in [0.1, 0.15) is 0 Å². The summed E-state index contributed by atoms with van der Waals surface area (Å²) in [6.45, 7) is 0. The molecule has 0 aromatic heterocycles. The van der Waals surface area contributed by atoms with Crippen molar-refractivity contribution in [1.29, 1.82) is 0 Å². The molecule has 0 saturated heterocycles. The number of halogens is 1. The van der Waals surface area contributed by atoms with E-state index in [1.807, 2.05) is 0 Å². The molecule has 0 N–H and O–H groups in total. The van der Waals surface area contributed by atoms with Crippen LogP contribution in [0.1, 0.15) is 20.7 Å². The number of nitro groups is 2. The lowest BCUT2D eigenvalue weighted by Crippen LogP contribution is -2.22. The Morgan fingerprint density at radius 1 is 0.783 bits per heavy atom. The molecule has 9 heteroatoms. The molecule has 23 heavy (non-hydrogen) atoms. The van der Waals surface area contributed by atoms with Crippen molar-refractivity contribution in [3.63, 3.8) is 0 Å². The highest BCUT2D eigenvalue weighted by Crippen LogP contribution is 2.41. The summed E-state index contributed by atoms with van der Waals surface area (Å²) in [6.07, 6.45) is 0. The third-order valence-electron chi connectivity index (χ3n) is 3.46. The van der Waals surface area contributed by atoms with Crippen LogP contribution >= 0.6 is 15.9 Å². The molecule has 114 valence electrons. The lowest BCUT2D eigenvalue weighted by molar-refractivity contribution is -0.385. The average molecular weight is 377 g/mol. The number of nitrogens with zero attached hydrogens (tertiary/aromatic N) is 2. The van der Waals surface area contributed by atoms with Crippen LogP contribution in [0.2, 0.25) is 0 Å². The van der Waals surface area contributed by atoms with E-state index in [0.717, 1.165) is 12.1 Å². The molecule has 0 saturated carbocycles. The number of non-ortho nitro benzene ring substituents is 2. The molecule has 0 bridgehead atoms. The quantitative estimate of drug-likeness (QED) is 0.450. The number of benzene rings is 2. The molecule has 0 aliphatic heterocycles. The highest BCUT2D eigenvalue weighted by atomic mass is 79.9. The Balaban J connectivity index is 2.35. The fraction of sp³-hybridized carbons (Fsp3) is 0. The molecule has 0 amide bonds. The Morgan fingerprint density at radius 3 is 1.96 bits per heavy atom. The maximum absolute atomic E-state index is 12.2. The van der Waals surface area contributed by atoms with E-state index in [1.54, 1.807) is 0 Å². The van der Waals surface area contributed by atoms with E-state index >= 15 is 0 Å². The van der Waals surface area contributed by atoms with E-state index in [9.17, 15) is 29.8 Å². The summed E-state index contributed by atoms with van der Waals surface area (Å²) in [4.78, 5) is 44.8. The van der Waals surface area contributed by atoms with Crippen LogP contribution in [0.5, 0.6) is 0 Å². The zero-order valence-electron chi connectivity index (χ0n) is 11.1. The maximum atomic E-state index is 12.2. The van der Waals surface area contributed by atoms with Crippen molar-refractivity contribution in [2.24, 2.45) is 0 Å². The SMILES string of the molecule is O=C1C(=O)c2cc([N+](=O)[O-])cc(Br)c2-c2ccc([N+](=O)[O-])cc21. The molecule has 8 nitrogen and oxygen atoms in total. The monoisotopic (exact) mass is 376 g/mol. The van der Waals surface area contributed by atoms with Gasteiger partial charge < -0.3 is 0 Å². The molecule has 0 radical (unpaired) electrons. The van der Waals surface area contributed by atoms with Gasteiger partial charge in [0.05, 0.1) is 9.85 Å². The second-order valence-corrected chi connectivity index (χ2v) is 5.61. The summed E-state index contributed by atoms with van der Waals surface area (Å²) in [5, 5.41) is 21.7. The number of carbonyl (C=O) groups excluding carboxylic acids is 2. The molecule has 1 aliphatic carbocycles. The summed E-state index contributed by atoms with van der Waals surface area (Å²) < 4.78 is 0.262. The van der Waals surface area contributed by atoms with E-state index in [0.29, 0.717) is 11.1 Å². The van der Waals surface area contributed by atoms with Crippen molar-refractivity contribution in [2.45, 2.75) is 0 Å². The third kappa shape index (κ3) is 2.21. The number of hydrogen-bond acceptors (Lipinski definition) is 6. The first-order valence-corrected chi connectivity index (χ1v) is 6.96. The van der Waals surface area contributed by atoms with Gasteiger partial charge in [-0.25, -0.2) is 0 Å². The molecule has 1 aliphatic rings. The van der Waals surface area contributed by atoms with Crippen molar-refractivity contribution in [1.82, 2.24) is 0 Å². The number of rotatable bonds is 2. The highest BCUT2D eigenvalue weighted by Gasteiger charge is 2.34. The Morgan fingerprint density at radius 2 is 1.35 bits per heavy atom. The molecule has 0 fully saturated rings. The highest BCUT2D eigenvalue weighted by molar-refractivity contribution is 9.10. The van der Waals surface area contributed by atoms with E-state index in [2.05, 4.69) is 15.9 Å². The number of nitro benzene ring substituents is 2. The van der Waals surface area contributed by atoms with Crippen LogP contribution in [-0.4, -0.2) is 21.4 Å². The van der Waals surface area contributed by atoms with Crippen LogP contribution in [0, 0.1) is 20.2 Å². The predicted molar refractivity (Wildman–Crippen MR) is 81.5 cm³/mol. The largest absolute Gasteiger partial charge is 0.285 e. The van der Waals surface area contributed by atoms with Gasteiger partial charge in [-0.15, -0.1) is 0 Å².